The Morgan fingerprint density at radius 1 is 1.32 bits per heavy atom. The first kappa shape index (κ1) is 17.5. The highest BCUT2D eigenvalue weighted by Crippen LogP contribution is 2.22. The molecule has 1 aliphatic rings. The minimum atomic E-state index is -0.209. The fourth-order valence-corrected chi connectivity index (χ4v) is 3.19. The number of anilines is 1. The van der Waals surface area contributed by atoms with Gasteiger partial charge in [-0.05, 0) is 40.0 Å². The quantitative estimate of drug-likeness (QED) is 0.922. The number of rotatable bonds is 4. The summed E-state index contributed by atoms with van der Waals surface area (Å²) in [6, 6.07) is 2.39. The Labute approximate surface area is 148 Å². The van der Waals surface area contributed by atoms with Gasteiger partial charge in [0.1, 0.15) is 5.82 Å². The predicted octanol–water partition coefficient (Wildman–Crippen LogP) is 2.94. The topological polar surface area (TPSA) is 71.8 Å². The van der Waals surface area contributed by atoms with Crippen LogP contribution in [0.25, 0.3) is 5.65 Å². The zero-order valence-electron chi connectivity index (χ0n) is 15.5. The van der Waals surface area contributed by atoms with Crippen molar-refractivity contribution in [3.05, 3.63) is 23.0 Å². The lowest BCUT2D eigenvalue weighted by atomic mass is 10.1. The molecule has 7 nitrogen and oxygen atoms in total. The van der Waals surface area contributed by atoms with Crippen LogP contribution in [0.2, 0.25) is 0 Å². The molecule has 1 aliphatic heterocycles. The van der Waals surface area contributed by atoms with Gasteiger partial charge in [-0.2, -0.15) is 9.61 Å². The summed E-state index contributed by atoms with van der Waals surface area (Å²) in [4.78, 5) is 18.3. The van der Waals surface area contributed by atoms with E-state index in [1.165, 1.54) is 0 Å². The maximum absolute atomic E-state index is 11.8. The Hall–Kier alpha value is -2.31. The van der Waals surface area contributed by atoms with Crippen molar-refractivity contribution in [3.8, 4) is 0 Å². The monoisotopic (exact) mass is 345 g/mol. The largest absolute Gasteiger partial charge is 0.450 e. The summed E-state index contributed by atoms with van der Waals surface area (Å²) in [7, 11) is 0. The Balaban J connectivity index is 1.75. The molecule has 0 unspecified atom stereocenters. The first-order valence-electron chi connectivity index (χ1n) is 9.07. The highest BCUT2D eigenvalue weighted by atomic mass is 16.6. The zero-order valence-corrected chi connectivity index (χ0v) is 15.5. The molecule has 0 atom stereocenters. The van der Waals surface area contributed by atoms with E-state index in [1.54, 1.807) is 4.90 Å². The van der Waals surface area contributed by atoms with Crippen LogP contribution in [0.15, 0.2) is 6.07 Å². The van der Waals surface area contributed by atoms with E-state index >= 15 is 0 Å². The van der Waals surface area contributed by atoms with Crippen LogP contribution in [0.5, 0.6) is 0 Å². The van der Waals surface area contributed by atoms with Crippen LogP contribution < -0.4 is 5.32 Å². The van der Waals surface area contributed by atoms with Gasteiger partial charge in [-0.3, -0.25) is 0 Å². The van der Waals surface area contributed by atoms with Gasteiger partial charge in [0, 0.05) is 36.5 Å². The molecule has 7 heteroatoms. The van der Waals surface area contributed by atoms with E-state index in [4.69, 9.17) is 9.72 Å². The predicted molar refractivity (Wildman–Crippen MR) is 97.1 cm³/mol. The summed E-state index contributed by atoms with van der Waals surface area (Å²) in [5, 5.41) is 8.24. The van der Waals surface area contributed by atoms with Crippen molar-refractivity contribution in [3.63, 3.8) is 0 Å². The van der Waals surface area contributed by atoms with Crippen molar-refractivity contribution in [2.75, 3.05) is 25.0 Å². The maximum atomic E-state index is 11.8. The second-order valence-electron chi connectivity index (χ2n) is 6.54. The normalized spacial score (nSPS) is 15.6. The highest BCUT2D eigenvalue weighted by Gasteiger charge is 2.24. The average Bonchev–Trinajstić information content (AvgIpc) is 2.91. The molecule has 0 radical (unpaired) electrons. The number of nitrogens with one attached hydrogen (secondary N) is 1. The molecule has 0 aliphatic carbocycles. The molecule has 1 amide bonds. The molecule has 25 heavy (non-hydrogen) atoms. The molecule has 0 spiro atoms. The van der Waals surface area contributed by atoms with Gasteiger partial charge in [-0.1, -0.05) is 6.92 Å². The third kappa shape index (κ3) is 3.55. The van der Waals surface area contributed by atoms with Gasteiger partial charge < -0.3 is 15.0 Å². The fraction of sp³-hybridized carbons (Fsp3) is 0.611. The van der Waals surface area contributed by atoms with Gasteiger partial charge in [0.2, 0.25) is 0 Å². The molecule has 3 rings (SSSR count). The van der Waals surface area contributed by atoms with Crippen molar-refractivity contribution in [2.24, 2.45) is 0 Å². The minimum absolute atomic E-state index is 0.209. The van der Waals surface area contributed by atoms with E-state index in [-0.39, 0.29) is 6.09 Å². The van der Waals surface area contributed by atoms with Crippen molar-refractivity contribution < 1.29 is 9.53 Å². The molecule has 1 saturated heterocycles. The Kier molecular flexibility index (Phi) is 5.11. The molecule has 0 aromatic carbocycles. The summed E-state index contributed by atoms with van der Waals surface area (Å²) in [5.41, 5.74) is 4.10. The minimum Gasteiger partial charge on any atom is -0.450 e. The van der Waals surface area contributed by atoms with Crippen LogP contribution in [0, 0.1) is 13.8 Å². The number of carbonyl (C=O) groups excluding carboxylic acids is 1. The first-order chi connectivity index (χ1) is 12.0. The van der Waals surface area contributed by atoms with Crippen LogP contribution in [0.3, 0.4) is 0 Å². The fourth-order valence-electron chi connectivity index (χ4n) is 3.19. The van der Waals surface area contributed by atoms with E-state index < -0.39 is 0 Å². The molecule has 2 aromatic rings. The molecule has 3 heterocycles. The molecular formula is C18H27N5O2. The lowest BCUT2D eigenvalue weighted by Gasteiger charge is -2.32. The van der Waals surface area contributed by atoms with E-state index in [1.807, 2.05) is 18.4 Å². The van der Waals surface area contributed by atoms with Crippen LogP contribution >= 0.6 is 0 Å². The van der Waals surface area contributed by atoms with Crippen LogP contribution in [-0.2, 0) is 11.2 Å². The van der Waals surface area contributed by atoms with Crippen LogP contribution in [0.1, 0.15) is 43.6 Å². The second-order valence-corrected chi connectivity index (χ2v) is 6.54. The lowest BCUT2D eigenvalue weighted by Crippen LogP contribution is -2.42. The van der Waals surface area contributed by atoms with Crippen molar-refractivity contribution in [1.29, 1.82) is 0 Å². The summed E-state index contributed by atoms with van der Waals surface area (Å²) < 4.78 is 6.99. The number of aryl methyl sites for hydroxylation is 3. The summed E-state index contributed by atoms with van der Waals surface area (Å²) in [5.74, 6) is 0.979. The third-order valence-corrected chi connectivity index (χ3v) is 4.84. The standard InChI is InChI=1S/C18H27N5O2/c1-5-14-11-16(23-17(20-14)12(3)13(4)21-23)19-15-7-9-22(10-8-15)18(24)25-6-2/h11,15,19H,5-10H2,1-4H3. The van der Waals surface area contributed by atoms with Gasteiger partial charge in [0.05, 0.1) is 12.3 Å². The number of ether oxygens (including phenoxy) is 1. The van der Waals surface area contributed by atoms with E-state index in [0.29, 0.717) is 25.7 Å². The Morgan fingerprint density at radius 2 is 2.04 bits per heavy atom. The second kappa shape index (κ2) is 7.29. The smallest absolute Gasteiger partial charge is 0.409 e. The number of piperidine rings is 1. The molecule has 2 aromatic heterocycles. The molecule has 0 bridgehead atoms. The average molecular weight is 345 g/mol. The number of hydrogen-bond acceptors (Lipinski definition) is 5. The third-order valence-electron chi connectivity index (χ3n) is 4.84. The number of likely N-dealkylation sites (tertiary alicyclic amines) is 1. The zero-order chi connectivity index (χ0) is 18.0. The Morgan fingerprint density at radius 3 is 2.68 bits per heavy atom. The maximum Gasteiger partial charge on any atom is 0.409 e. The number of amides is 1. The highest BCUT2D eigenvalue weighted by molar-refractivity contribution is 5.67. The Bertz CT molecular complexity index is 762. The van der Waals surface area contributed by atoms with E-state index in [2.05, 4.69) is 30.3 Å². The lowest BCUT2D eigenvalue weighted by molar-refractivity contribution is 0.0983. The molecule has 0 saturated carbocycles. The van der Waals surface area contributed by atoms with Gasteiger partial charge in [0.25, 0.3) is 0 Å². The van der Waals surface area contributed by atoms with Gasteiger partial charge in [0.15, 0.2) is 5.65 Å². The SMILES string of the molecule is CCOC(=O)N1CCC(Nc2cc(CC)nc3c(C)c(C)nn23)CC1. The number of hydrogen-bond donors (Lipinski definition) is 1. The summed E-state index contributed by atoms with van der Waals surface area (Å²) in [6.45, 7) is 9.86. The summed E-state index contributed by atoms with van der Waals surface area (Å²) >= 11 is 0. The number of fused-ring (bicyclic) bond motifs is 1. The van der Waals surface area contributed by atoms with Gasteiger partial charge in [-0.25, -0.2) is 9.78 Å². The van der Waals surface area contributed by atoms with Crippen molar-refractivity contribution in [1.82, 2.24) is 19.5 Å². The van der Waals surface area contributed by atoms with Crippen LogP contribution in [0.4, 0.5) is 10.6 Å². The number of aromatic nitrogens is 3. The molecule has 1 N–H and O–H groups in total. The molecule has 136 valence electrons. The van der Waals surface area contributed by atoms with Crippen molar-refractivity contribution in [2.45, 2.75) is 53.0 Å². The first-order valence-corrected chi connectivity index (χ1v) is 9.07. The van der Waals surface area contributed by atoms with Crippen LogP contribution in [-0.4, -0.2) is 51.3 Å². The van der Waals surface area contributed by atoms with Crippen molar-refractivity contribution >= 4 is 17.6 Å². The number of carbonyl (C=O) groups is 1. The summed E-state index contributed by atoms with van der Waals surface area (Å²) in [6.07, 6.45) is 2.46. The van der Waals surface area contributed by atoms with E-state index in [0.717, 1.165) is 47.7 Å². The molecular weight excluding hydrogens is 318 g/mol. The van der Waals surface area contributed by atoms with E-state index in [9.17, 15) is 4.79 Å². The van der Waals surface area contributed by atoms with Gasteiger partial charge >= 0.3 is 6.09 Å². The number of nitrogens with zero attached hydrogens (tertiary/aromatic N) is 4. The molecule has 1 fully saturated rings. The van der Waals surface area contributed by atoms with Gasteiger partial charge in [-0.15, -0.1) is 0 Å².